The second kappa shape index (κ2) is 10.2. The third-order valence-corrected chi connectivity index (χ3v) is 9.17. The number of halogens is 3. The number of hydrogen-bond donors (Lipinski definition) is 2. The normalized spacial score (nSPS) is 23.4. The Balaban J connectivity index is 1.42. The van der Waals surface area contributed by atoms with E-state index < -0.39 is 35.1 Å². The largest absolute Gasteiger partial charge is 0.508 e. The summed E-state index contributed by atoms with van der Waals surface area (Å²) in [5, 5.41) is 22.2. The standard InChI is InChI=1S/C33H31F3N4O4/c1-4-20-22(35)7-6-17-12-19(41)13-21(25(17)20)28-27(36)29-26-23(37-28)8-9-24(32(2,3)42)44-30(26)39-31(38-29)43-16-33-10-5-11-40(33)15-18(34)14-33/h1,6-7,12-13,18,24,41-42H,5,8-11,14-16H2,2-3H3/t18-,24-,33+/m1/s1. The molecular formula is C33H31F3N4O4. The van der Waals surface area contributed by atoms with E-state index in [2.05, 4.69) is 25.8 Å². The monoisotopic (exact) mass is 604 g/mol. The number of aryl methyl sites for hydroxylation is 1. The zero-order valence-electron chi connectivity index (χ0n) is 24.3. The highest BCUT2D eigenvalue weighted by Gasteiger charge is 2.49. The fourth-order valence-corrected chi connectivity index (χ4v) is 7.06. The van der Waals surface area contributed by atoms with Gasteiger partial charge in [0, 0.05) is 23.9 Å². The highest BCUT2D eigenvalue weighted by Crippen LogP contribution is 2.43. The molecule has 7 rings (SSSR count). The van der Waals surface area contributed by atoms with Crippen molar-refractivity contribution in [1.29, 1.82) is 0 Å². The molecule has 4 aromatic rings. The average Bonchev–Trinajstić information content (AvgIpc) is 3.42. The SMILES string of the molecule is C#Cc1c(F)ccc2cc(O)cc(-c3nc4c5c(nc(OC[C@@]67CCCN6C[C@H](F)C7)nc5c3F)O[C@@H](C(C)(C)O)CC4)c12. The number of pyridine rings is 1. The van der Waals surface area contributed by atoms with Crippen molar-refractivity contribution in [3.8, 4) is 41.2 Å². The topological polar surface area (TPSA) is 101 Å². The van der Waals surface area contributed by atoms with Gasteiger partial charge in [0.25, 0.3) is 0 Å². The minimum atomic E-state index is -1.27. The second-order valence-electron chi connectivity index (χ2n) is 12.6. The smallest absolute Gasteiger partial charge is 0.320 e. The molecule has 2 aromatic carbocycles. The van der Waals surface area contributed by atoms with Crippen LogP contribution in [-0.4, -0.2) is 73.2 Å². The lowest BCUT2D eigenvalue weighted by Crippen LogP contribution is -2.43. The van der Waals surface area contributed by atoms with E-state index in [-0.39, 0.29) is 63.8 Å². The number of phenolic OH excluding ortho intramolecular Hbond substituents is 1. The maximum absolute atomic E-state index is 16.7. The number of phenols is 1. The first-order valence-electron chi connectivity index (χ1n) is 14.7. The molecule has 44 heavy (non-hydrogen) atoms. The summed E-state index contributed by atoms with van der Waals surface area (Å²) in [5.74, 6) is 0.633. The molecule has 2 N–H and O–H groups in total. The molecule has 0 unspecified atom stereocenters. The Kier molecular flexibility index (Phi) is 6.64. The van der Waals surface area contributed by atoms with Crippen molar-refractivity contribution in [3.63, 3.8) is 0 Å². The van der Waals surface area contributed by atoms with Crippen LogP contribution in [0.2, 0.25) is 0 Å². The minimum Gasteiger partial charge on any atom is -0.508 e. The summed E-state index contributed by atoms with van der Waals surface area (Å²) in [6.07, 6.45) is 6.60. The van der Waals surface area contributed by atoms with Crippen molar-refractivity contribution < 1.29 is 32.9 Å². The number of aromatic hydroxyl groups is 1. The molecule has 3 aliphatic heterocycles. The molecule has 3 atom stereocenters. The Morgan fingerprint density at radius 3 is 2.80 bits per heavy atom. The van der Waals surface area contributed by atoms with E-state index in [1.54, 1.807) is 13.8 Å². The van der Waals surface area contributed by atoms with Crippen molar-refractivity contribution in [3.05, 3.63) is 47.2 Å². The van der Waals surface area contributed by atoms with Gasteiger partial charge >= 0.3 is 6.01 Å². The number of aliphatic hydroxyl groups is 1. The number of terminal acetylenes is 1. The van der Waals surface area contributed by atoms with E-state index in [1.165, 1.54) is 24.3 Å². The highest BCUT2D eigenvalue weighted by molar-refractivity contribution is 6.03. The maximum atomic E-state index is 16.7. The van der Waals surface area contributed by atoms with Gasteiger partial charge in [-0.25, -0.2) is 18.2 Å². The number of fused-ring (bicyclic) bond motifs is 2. The molecule has 2 aromatic heterocycles. The maximum Gasteiger partial charge on any atom is 0.320 e. The molecule has 5 heterocycles. The number of rotatable bonds is 5. The van der Waals surface area contributed by atoms with Gasteiger partial charge in [0.15, 0.2) is 5.82 Å². The Hall–Kier alpha value is -4.14. The van der Waals surface area contributed by atoms with Crippen LogP contribution in [0.4, 0.5) is 13.2 Å². The summed E-state index contributed by atoms with van der Waals surface area (Å²) in [5.41, 5.74) is -1.70. The summed E-state index contributed by atoms with van der Waals surface area (Å²) >= 11 is 0. The zero-order chi connectivity index (χ0) is 31.0. The molecule has 228 valence electrons. The third kappa shape index (κ3) is 4.59. The number of nitrogens with zero attached hydrogens (tertiary/aromatic N) is 4. The highest BCUT2D eigenvalue weighted by atomic mass is 19.1. The van der Waals surface area contributed by atoms with Crippen LogP contribution in [0.1, 0.15) is 50.8 Å². The third-order valence-electron chi connectivity index (χ3n) is 9.17. The summed E-state index contributed by atoms with van der Waals surface area (Å²) in [4.78, 5) is 15.7. The van der Waals surface area contributed by atoms with Gasteiger partial charge < -0.3 is 19.7 Å². The zero-order valence-corrected chi connectivity index (χ0v) is 24.3. The van der Waals surface area contributed by atoms with Gasteiger partial charge in [0.05, 0.1) is 27.8 Å². The molecule has 0 spiro atoms. The minimum absolute atomic E-state index is 0.00858. The van der Waals surface area contributed by atoms with Crippen molar-refractivity contribution in [2.45, 2.75) is 69.4 Å². The van der Waals surface area contributed by atoms with Gasteiger partial charge in [-0.1, -0.05) is 12.0 Å². The molecule has 3 aliphatic rings. The van der Waals surface area contributed by atoms with E-state index in [0.29, 0.717) is 30.5 Å². The molecule has 0 radical (unpaired) electrons. The Morgan fingerprint density at radius 1 is 1.20 bits per heavy atom. The molecular weight excluding hydrogens is 573 g/mol. The quantitative estimate of drug-likeness (QED) is 0.299. The van der Waals surface area contributed by atoms with Crippen LogP contribution in [0.25, 0.3) is 32.9 Å². The van der Waals surface area contributed by atoms with Crippen molar-refractivity contribution in [2.75, 3.05) is 19.7 Å². The average molecular weight is 605 g/mol. The summed E-state index contributed by atoms with van der Waals surface area (Å²) in [6, 6.07) is 5.19. The first kappa shape index (κ1) is 28.6. The summed E-state index contributed by atoms with van der Waals surface area (Å²) < 4.78 is 58.2. The molecule has 0 saturated carbocycles. The summed E-state index contributed by atoms with van der Waals surface area (Å²) in [6.45, 7) is 4.45. The lowest BCUT2D eigenvalue weighted by atomic mass is 9.94. The molecule has 8 nitrogen and oxygen atoms in total. The number of benzene rings is 2. The first-order chi connectivity index (χ1) is 21.0. The second-order valence-corrected chi connectivity index (χ2v) is 12.6. The van der Waals surface area contributed by atoms with Gasteiger partial charge in [-0.15, -0.1) is 6.42 Å². The number of hydrogen-bond acceptors (Lipinski definition) is 8. The summed E-state index contributed by atoms with van der Waals surface area (Å²) in [7, 11) is 0. The predicted molar refractivity (Wildman–Crippen MR) is 157 cm³/mol. The van der Waals surface area contributed by atoms with Crippen LogP contribution < -0.4 is 9.47 Å². The van der Waals surface area contributed by atoms with Crippen LogP contribution in [0.5, 0.6) is 17.6 Å². The van der Waals surface area contributed by atoms with Crippen molar-refractivity contribution >= 4 is 21.7 Å². The fourth-order valence-electron chi connectivity index (χ4n) is 7.06. The van der Waals surface area contributed by atoms with E-state index >= 15 is 4.39 Å². The van der Waals surface area contributed by atoms with E-state index in [0.717, 1.165) is 19.4 Å². The van der Waals surface area contributed by atoms with Gasteiger partial charge in [0.2, 0.25) is 5.88 Å². The van der Waals surface area contributed by atoms with Crippen LogP contribution in [0.15, 0.2) is 24.3 Å². The first-order valence-corrected chi connectivity index (χ1v) is 14.7. The van der Waals surface area contributed by atoms with Crippen LogP contribution >= 0.6 is 0 Å². The van der Waals surface area contributed by atoms with Gasteiger partial charge in [-0.05, 0) is 69.7 Å². The van der Waals surface area contributed by atoms with Crippen LogP contribution in [-0.2, 0) is 6.42 Å². The van der Waals surface area contributed by atoms with Crippen molar-refractivity contribution in [1.82, 2.24) is 19.9 Å². The van der Waals surface area contributed by atoms with Crippen LogP contribution in [0.3, 0.4) is 0 Å². The Morgan fingerprint density at radius 2 is 2.02 bits per heavy atom. The molecule has 0 amide bonds. The van der Waals surface area contributed by atoms with E-state index in [9.17, 15) is 19.0 Å². The van der Waals surface area contributed by atoms with Gasteiger partial charge in [-0.2, -0.15) is 9.97 Å². The number of ether oxygens (including phenoxy) is 2. The molecule has 2 saturated heterocycles. The molecule has 11 heteroatoms. The van der Waals surface area contributed by atoms with E-state index in [1.807, 2.05) is 0 Å². The lowest BCUT2D eigenvalue weighted by molar-refractivity contribution is -0.0374. The number of alkyl halides is 1. The Bertz CT molecular complexity index is 1870. The molecule has 0 bridgehead atoms. The fraction of sp³-hybridized carbons (Fsp3) is 0.424. The number of aromatic nitrogens is 3. The Labute approximate surface area is 251 Å². The van der Waals surface area contributed by atoms with Gasteiger partial charge in [-0.3, -0.25) is 4.90 Å². The predicted octanol–water partition coefficient (Wildman–Crippen LogP) is 5.23. The molecule has 2 fully saturated rings. The molecule has 0 aliphatic carbocycles. The van der Waals surface area contributed by atoms with Crippen molar-refractivity contribution in [2.24, 2.45) is 0 Å². The van der Waals surface area contributed by atoms with E-state index in [4.69, 9.17) is 15.9 Å². The van der Waals surface area contributed by atoms with Crippen LogP contribution in [0, 0.1) is 24.0 Å². The lowest BCUT2D eigenvalue weighted by Gasteiger charge is -2.31. The van der Waals surface area contributed by atoms with Gasteiger partial charge in [0.1, 0.15) is 41.7 Å².